The van der Waals surface area contributed by atoms with Gasteiger partial charge in [0.15, 0.2) is 0 Å². The van der Waals surface area contributed by atoms with Gasteiger partial charge in [-0.1, -0.05) is 57.0 Å². The molecule has 1 aromatic heterocycles. The van der Waals surface area contributed by atoms with Crippen molar-refractivity contribution in [3.63, 3.8) is 0 Å². The van der Waals surface area contributed by atoms with Crippen LogP contribution in [0.4, 0.5) is 0 Å². The maximum absolute atomic E-state index is 10.9. The normalized spacial score (nSPS) is 15.8. The zero-order valence-electron chi connectivity index (χ0n) is 15.0. The number of nitrogens with zero attached hydrogens (tertiary/aromatic N) is 2. The Morgan fingerprint density at radius 3 is 2.52 bits per heavy atom. The first-order valence-electron chi connectivity index (χ1n) is 8.33. The summed E-state index contributed by atoms with van der Waals surface area (Å²) in [6.45, 7) is 8.20. The van der Waals surface area contributed by atoms with E-state index in [4.69, 9.17) is 35.4 Å². The van der Waals surface area contributed by atoms with Crippen LogP contribution in [0.15, 0.2) is 24.5 Å². The van der Waals surface area contributed by atoms with Gasteiger partial charge in [-0.2, -0.15) is 0 Å². The molecule has 2 aromatic rings. The van der Waals surface area contributed by atoms with Gasteiger partial charge in [-0.3, -0.25) is 9.78 Å². The third-order valence-electron chi connectivity index (χ3n) is 4.39. The van der Waals surface area contributed by atoms with Crippen LogP contribution in [0, 0.1) is 16.1 Å². The van der Waals surface area contributed by atoms with Crippen molar-refractivity contribution < 1.29 is 5.11 Å². The number of nitrogens with one attached hydrogen (secondary N) is 1. The number of aliphatic hydroxyl groups is 1. The molecule has 1 heterocycles. The van der Waals surface area contributed by atoms with Gasteiger partial charge in [0.1, 0.15) is 6.33 Å². The minimum atomic E-state index is -0.567. The average molecular weight is 402 g/mol. The summed E-state index contributed by atoms with van der Waals surface area (Å²) in [6, 6.07) is 5.38. The number of aromatic amines is 1. The minimum Gasteiger partial charge on any atom is -0.390 e. The molecule has 1 aromatic carbocycles. The van der Waals surface area contributed by atoms with E-state index >= 15 is 0 Å². The molecule has 0 aliphatic heterocycles. The van der Waals surface area contributed by atoms with Gasteiger partial charge in [0.25, 0.3) is 0 Å². The Balaban J connectivity index is 2.21. The smallest absolute Gasteiger partial charge is 0.216 e. The van der Waals surface area contributed by atoms with Crippen molar-refractivity contribution in [1.29, 1.82) is 0 Å². The van der Waals surface area contributed by atoms with Crippen LogP contribution < -0.4 is 0 Å². The number of benzene rings is 1. The molecule has 7 heteroatoms. The van der Waals surface area contributed by atoms with Crippen molar-refractivity contribution in [3.05, 3.63) is 44.9 Å². The molecule has 0 aliphatic rings. The Morgan fingerprint density at radius 1 is 1.32 bits per heavy atom. The lowest BCUT2D eigenvalue weighted by Gasteiger charge is -2.34. The maximum Gasteiger partial charge on any atom is 0.216 e. The van der Waals surface area contributed by atoms with E-state index in [0.29, 0.717) is 14.8 Å². The number of hydrogen-bond donors (Lipinski definition) is 2. The van der Waals surface area contributed by atoms with Gasteiger partial charge in [-0.25, -0.2) is 4.98 Å². The lowest BCUT2D eigenvalue weighted by Crippen LogP contribution is -2.37. The summed E-state index contributed by atoms with van der Waals surface area (Å²) in [5.74, 6) is 0.283. The summed E-state index contributed by atoms with van der Waals surface area (Å²) in [5.41, 5.74) is 0.776. The Labute approximate surface area is 164 Å². The molecular weight excluding hydrogens is 377 g/mol. The largest absolute Gasteiger partial charge is 0.390 e. The highest BCUT2D eigenvalue weighted by atomic mass is 35.5. The van der Waals surface area contributed by atoms with Crippen LogP contribution in [-0.2, 0) is 6.42 Å². The fraction of sp³-hybridized carbons (Fsp3) is 0.556. The third-order valence-corrected chi connectivity index (χ3v) is 5.28. The predicted octanol–water partition coefficient (Wildman–Crippen LogP) is 5.46. The van der Waals surface area contributed by atoms with E-state index < -0.39 is 6.10 Å². The van der Waals surface area contributed by atoms with Gasteiger partial charge in [-0.15, -0.1) is 0 Å². The van der Waals surface area contributed by atoms with E-state index in [1.807, 2.05) is 32.9 Å². The Kier molecular flexibility index (Phi) is 6.71. The summed E-state index contributed by atoms with van der Waals surface area (Å²) < 4.78 is 2.23. The number of halogens is 2. The van der Waals surface area contributed by atoms with Crippen LogP contribution in [0.1, 0.15) is 45.7 Å². The van der Waals surface area contributed by atoms with Crippen molar-refractivity contribution in [1.82, 2.24) is 14.8 Å². The number of H-pyrrole nitrogens is 1. The summed E-state index contributed by atoms with van der Waals surface area (Å²) >= 11 is 17.6. The summed E-state index contributed by atoms with van der Waals surface area (Å²) in [4.78, 5) is 4.09. The summed E-state index contributed by atoms with van der Waals surface area (Å²) in [7, 11) is 0. The van der Waals surface area contributed by atoms with Crippen molar-refractivity contribution in [3.8, 4) is 0 Å². The fourth-order valence-electron chi connectivity index (χ4n) is 3.01. The van der Waals surface area contributed by atoms with Gasteiger partial charge in [0, 0.05) is 10.0 Å². The Morgan fingerprint density at radius 2 is 2.00 bits per heavy atom. The molecule has 0 unspecified atom stereocenters. The average Bonchev–Trinajstić information content (AvgIpc) is 2.92. The molecule has 0 spiro atoms. The second-order valence-corrected chi connectivity index (χ2v) is 8.91. The lowest BCUT2D eigenvalue weighted by molar-refractivity contribution is 0.00389. The molecule has 2 N–H and O–H groups in total. The molecule has 0 radical (unpaired) electrons. The van der Waals surface area contributed by atoms with E-state index in [2.05, 4.69) is 17.0 Å². The first-order valence-corrected chi connectivity index (χ1v) is 9.50. The zero-order chi connectivity index (χ0) is 18.8. The molecule has 0 bridgehead atoms. The van der Waals surface area contributed by atoms with Crippen molar-refractivity contribution in [2.24, 2.45) is 11.3 Å². The van der Waals surface area contributed by atoms with Gasteiger partial charge in [0.05, 0.1) is 12.1 Å². The van der Waals surface area contributed by atoms with Crippen LogP contribution in [0.5, 0.6) is 0 Å². The van der Waals surface area contributed by atoms with Crippen LogP contribution in [-0.4, -0.2) is 26.0 Å². The van der Waals surface area contributed by atoms with E-state index in [-0.39, 0.29) is 17.4 Å². The minimum absolute atomic E-state index is 0.184. The highest BCUT2D eigenvalue weighted by molar-refractivity contribution is 7.71. The molecule has 0 aliphatic carbocycles. The standard InChI is InChI=1S/C18H25Cl2N3OS/c1-11(7-12-5-6-13(19)9-14(12)20)8-15(16(24)18(2,3)4)23-17(25)21-10-22-23/h5-6,9-11,15-16,24H,7-8H2,1-4H3,(H,21,22,25)/t11-,15+,16+/m1/s1. The molecular formula is C18H25Cl2N3OS. The van der Waals surface area contributed by atoms with Crippen LogP contribution in [0.25, 0.3) is 0 Å². The predicted molar refractivity (Wildman–Crippen MR) is 106 cm³/mol. The Bertz CT molecular complexity index is 766. The van der Waals surface area contributed by atoms with E-state index in [1.54, 1.807) is 17.1 Å². The highest BCUT2D eigenvalue weighted by Crippen LogP contribution is 2.34. The first kappa shape index (κ1) is 20.4. The molecule has 25 heavy (non-hydrogen) atoms. The van der Waals surface area contributed by atoms with E-state index in [0.717, 1.165) is 18.4 Å². The molecule has 0 saturated heterocycles. The van der Waals surface area contributed by atoms with Gasteiger partial charge in [0.2, 0.25) is 4.77 Å². The molecule has 0 amide bonds. The van der Waals surface area contributed by atoms with Gasteiger partial charge in [-0.05, 0) is 54.1 Å². The SMILES string of the molecule is C[C@H](Cc1ccc(Cl)cc1Cl)C[C@@H]([C@H](O)C(C)(C)C)n1[nH]cnc1=S. The second kappa shape index (κ2) is 8.21. The maximum atomic E-state index is 10.9. The number of aliphatic hydroxyl groups excluding tert-OH is 1. The molecule has 4 nitrogen and oxygen atoms in total. The molecule has 3 atom stereocenters. The monoisotopic (exact) mass is 401 g/mol. The Hall–Kier alpha value is -0.880. The van der Waals surface area contributed by atoms with Crippen LogP contribution in [0.2, 0.25) is 10.0 Å². The number of aromatic nitrogens is 3. The highest BCUT2D eigenvalue weighted by Gasteiger charge is 2.33. The van der Waals surface area contributed by atoms with Crippen molar-refractivity contribution >= 4 is 35.4 Å². The van der Waals surface area contributed by atoms with Gasteiger partial charge < -0.3 is 5.11 Å². The van der Waals surface area contributed by atoms with E-state index in [1.165, 1.54) is 0 Å². The fourth-order valence-corrected chi connectivity index (χ4v) is 3.74. The van der Waals surface area contributed by atoms with Crippen LogP contribution in [0.3, 0.4) is 0 Å². The summed E-state index contributed by atoms with van der Waals surface area (Å²) in [5, 5.41) is 15.2. The zero-order valence-corrected chi connectivity index (χ0v) is 17.3. The number of hydrogen-bond acceptors (Lipinski definition) is 3. The van der Waals surface area contributed by atoms with Crippen molar-refractivity contribution in [2.45, 2.75) is 52.7 Å². The molecule has 0 fully saturated rings. The molecule has 0 saturated carbocycles. The third kappa shape index (κ3) is 5.30. The first-order chi connectivity index (χ1) is 11.6. The van der Waals surface area contributed by atoms with Crippen LogP contribution >= 0.6 is 35.4 Å². The lowest BCUT2D eigenvalue weighted by atomic mass is 9.81. The van der Waals surface area contributed by atoms with Gasteiger partial charge >= 0.3 is 0 Å². The summed E-state index contributed by atoms with van der Waals surface area (Å²) in [6.07, 6.45) is 2.53. The topological polar surface area (TPSA) is 53.8 Å². The van der Waals surface area contributed by atoms with Crippen molar-refractivity contribution in [2.75, 3.05) is 0 Å². The second-order valence-electron chi connectivity index (χ2n) is 7.70. The quantitative estimate of drug-likeness (QED) is 0.631. The molecule has 2 rings (SSSR count). The number of rotatable bonds is 6. The van der Waals surface area contributed by atoms with E-state index in [9.17, 15) is 5.11 Å². The molecule has 138 valence electrons.